The van der Waals surface area contributed by atoms with Gasteiger partial charge < -0.3 is 10.1 Å². The number of halogens is 2. The van der Waals surface area contributed by atoms with E-state index in [4.69, 9.17) is 27.9 Å². The molecule has 2 heterocycles. The monoisotopic (exact) mass is 631 g/mol. The van der Waals surface area contributed by atoms with E-state index in [2.05, 4.69) is 10.7 Å². The summed E-state index contributed by atoms with van der Waals surface area (Å²) in [6, 6.07) is 21.9. The summed E-state index contributed by atoms with van der Waals surface area (Å²) in [7, 11) is -2.00. The first-order chi connectivity index (χ1) is 20.0. The summed E-state index contributed by atoms with van der Waals surface area (Å²) in [5.41, 5.74) is 6.10. The Hall–Kier alpha value is -2.50. The van der Waals surface area contributed by atoms with E-state index in [0.717, 1.165) is 42.6 Å². The van der Waals surface area contributed by atoms with Crippen molar-refractivity contribution in [2.75, 3.05) is 39.5 Å². The zero-order valence-electron chi connectivity index (χ0n) is 23.9. The van der Waals surface area contributed by atoms with E-state index in [0.29, 0.717) is 22.3 Å². The highest BCUT2D eigenvalue weighted by Gasteiger charge is 2.60. The van der Waals surface area contributed by atoms with Crippen LogP contribution >= 0.6 is 23.2 Å². The number of sulfonamides is 1. The van der Waals surface area contributed by atoms with Crippen molar-refractivity contribution in [2.45, 2.75) is 37.5 Å². The molecule has 1 spiro atoms. The molecule has 8 nitrogen and oxygen atoms in total. The lowest BCUT2D eigenvalue weighted by atomic mass is 9.75. The second kappa shape index (κ2) is 12.6. The molecule has 1 amide bonds. The Morgan fingerprint density at radius 3 is 2.40 bits per heavy atom. The maximum Gasteiger partial charge on any atom is 0.321 e. The Balaban J connectivity index is 1.44. The second-order valence-electron chi connectivity index (χ2n) is 11.3. The minimum Gasteiger partial charge on any atom is -0.375 e. The van der Waals surface area contributed by atoms with Gasteiger partial charge in [0.15, 0.2) is 5.69 Å². The van der Waals surface area contributed by atoms with Crippen molar-refractivity contribution in [3.63, 3.8) is 0 Å². The summed E-state index contributed by atoms with van der Waals surface area (Å²) in [6.45, 7) is 2.55. The van der Waals surface area contributed by atoms with E-state index in [9.17, 15) is 13.2 Å². The van der Waals surface area contributed by atoms with Gasteiger partial charge in [0, 0.05) is 18.2 Å². The van der Waals surface area contributed by atoms with Crippen LogP contribution in [0.2, 0.25) is 10.0 Å². The highest BCUT2D eigenvalue weighted by atomic mass is 35.5. The minimum absolute atomic E-state index is 0.0376. The molecule has 2 unspecified atom stereocenters. The topological polar surface area (TPSA) is 87.7 Å². The molecular weight excluding hydrogens is 595 g/mol. The van der Waals surface area contributed by atoms with E-state index in [1.54, 1.807) is 12.1 Å². The molecule has 224 valence electrons. The van der Waals surface area contributed by atoms with Gasteiger partial charge in [-0.25, -0.2) is 0 Å². The van der Waals surface area contributed by atoms with Crippen LogP contribution in [0, 0.1) is 0 Å². The fraction of sp³-hybridized carbons (Fsp3) is 0.387. The van der Waals surface area contributed by atoms with Crippen molar-refractivity contribution in [2.24, 2.45) is 0 Å². The average molecular weight is 633 g/mol. The van der Waals surface area contributed by atoms with E-state index >= 15 is 0 Å². The lowest BCUT2D eigenvalue weighted by Crippen LogP contribution is -2.68. The molecule has 42 heavy (non-hydrogen) atoms. The highest BCUT2D eigenvalue weighted by molar-refractivity contribution is 7.90. The number of amides is 1. The van der Waals surface area contributed by atoms with Gasteiger partial charge in [-0.05, 0) is 56.2 Å². The number of para-hydroxylation sites is 1. The summed E-state index contributed by atoms with van der Waals surface area (Å²) < 4.78 is 32.8. The number of piperidine rings is 1. The van der Waals surface area contributed by atoms with E-state index in [1.165, 1.54) is 6.26 Å². The number of likely N-dealkylation sites (N-methyl/N-ethyl adjacent to an activating group) is 1. The number of quaternary nitrogens is 1. The van der Waals surface area contributed by atoms with E-state index < -0.39 is 26.0 Å². The summed E-state index contributed by atoms with van der Waals surface area (Å²) in [5.74, 6) is -0.422. The number of hydrogen-bond acceptors (Lipinski definition) is 6. The zero-order valence-corrected chi connectivity index (χ0v) is 26.2. The molecule has 2 aliphatic rings. The van der Waals surface area contributed by atoms with Crippen LogP contribution in [0.3, 0.4) is 0 Å². The van der Waals surface area contributed by atoms with Crippen LogP contribution in [-0.4, -0.2) is 64.8 Å². The van der Waals surface area contributed by atoms with Crippen molar-refractivity contribution in [1.82, 2.24) is 19.6 Å². The number of rotatable bonds is 10. The Bertz CT molecular complexity index is 1530. The van der Waals surface area contributed by atoms with Crippen molar-refractivity contribution in [3.8, 4) is 0 Å². The fourth-order valence-corrected chi connectivity index (χ4v) is 7.77. The number of nitrogens with zero attached hydrogens (tertiary/aromatic N) is 2. The average Bonchev–Trinajstić information content (AvgIpc) is 3.23. The molecule has 0 aliphatic carbocycles. The standard InChI is InChI=1S/C31H36Cl2N4O4S/c1-36(19-23-8-4-3-5-9-23)28(21-41-20-24-12-13-26(32)27(33)18-24)30(38)35-37(42(2,39)40)22-31(14-16-34-17-15-31)25-10-6-7-11-29(25)37/h3-13,18,28,34H,14-17,19-22H2,1-2H3/p+1. The van der Waals surface area contributed by atoms with Crippen molar-refractivity contribution in [3.05, 3.63) is 99.5 Å². The quantitative estimate of drug-likeness (QED) is 0.317. The number of carbonyl (C=O) groups is 1. The fourth-order valence-electron chi connectivity index (χ4n) is 6.20. The predicted molar refractivity (Wildman–Crippen MR) is 168 cm³/mol. The van der Waals surface area contributed by atoms with Gasteiger partial charge in [0.1, 0.15) is 12.6 Å². The van der Waals surface area contributed by atoms with Gasteiger partial charge in [0.05, 0.1) is 34.9 Å². The molecule has 5 rings (SSSR count). The minimum atomic E-state index is -3.84. The van der Waals surface area contributed by atoms with Gasteiger partial charge in [0.2, 0.25) is 0 Å². The lowest BCUT2D eigenvalue weighted by Gasteiger charge is -2.37. The molecule has 2 N–H and O–H groups in total. The van der Waals surface area contributed by atoms with Crippen molar-refractivity contribution >= 4 is 44.8 Å². The number of hydrogen-bond donors (Lipinski definition) is 2. The first-order valence-electron chi connectivity index (χ1n) is 14.0. The van der Waals surface area contributed by atoms with Crippen molar-refractivity contribution in [1.29, 1.82) is 0 Å². The number of ether oxygens (including phenoxy) is 1. The van der Waals surface area contributed by atoms with Gasteiger partial charge >= 0.3 is 10.0 Å². The molecule has 1 fully saturated rings. The van der Waals surface area contributed by atoms with Gasteiger partial charge in [-0.1, -0.05) is 81.8 Å². The summed E-state index contributed by atoms with van der Waals surface area (Å²) >= 11 is 12.2. The molecule has 0 aromatic heterocycles. The van der Waals surface area contributed by atoms with Gasteiger partial charge in [-0.2, -0.15) is 13.8 Å². The normalized spacial score (nSPS) is 20.4. The molecule has 3 aromatic rings. The van der Waals surface area contributed by atoms with Crippen molar-refractivity contribution < 1.29 is 17.9 Å². The molecular formula is C31H37Cl2N4O4S+. The second-order valence-corrected chi connectivity index (χ2v) is 14.2. The van der Waals surface area contributed by atoms with Crippen LogP contribution in [0.15, 0.2) is 72.8 Å². The summed E-state index contributed by atoms with van der Waals surface area (Å²) in [5, 5.41) is 4.27. The molecule has 2 aliphatic heterocycles. The first kappa shape index (κ1) is 30.9. The molecule has 3 aromatic carbocycles. The van der Waals surface area contributed by atoms with Crippen LogP contribution in [0.4, 0.5) is 5.69 Å². The number of benzene rings is 3. The number of fused-ring (bicyclic) bond motifs is 2. The van der Waals surface area contributed by atoms with E-state index in [-0.39, 0.29) is 25.2 Å². The maximum atomic E-state index is 14.2. The van der Waals surface area contributed by atoms with Crippen LogP contribution in [0.1, 0.15) is 29.5 Å². The Morgan fingerprint density at radius 1 is 1.02 bits per heavy atom. The Morgan fingerprint density at radius 2 is 1.71 bits per heavy atom. The van der Waals surface area contributed by atoms with Crippen LogP contribution < -0.4 is 14.7 Å². The molecule has 0 radical (unpaired) electrons. The largest absolute Gasteiger partial charge is 0.375 e. The smallest absolute Gasteiger partial charge is 0.321 e. The molecule has 0 bridgehead atoms. The van der Waals surface area contributed by atoms with Gasteiger partial charge in [-0.15, -0.1) is 0 Å². The van der Waals surface area contributed by atoms with E-state index in [1.807, 2.05) is 72.6 Å². The third kappa shape index (κ3) is 6.24. The molecule has 1 saturated heterocycles. The van der Waals surface area contributed by atoms with Crippen LogP contribution in [0.25, 0.3) is 0 Å². The number of nitrogens with one attached hydrogen (secondary N) is 2. The Labute approximate surface area is 258 Å². The predicted octanol–water partition coefficient (Wildman–Crippen LogP) is 4.64. The highest BCUT2D eigenvalue weighted by Crippen LogP contribution is 2.50. The zero-order chi connectivity index (χ0) is 30.0. The summed E-state index contributed by atoms with van der Waals surface area (Å²) in [6.07, 6.45) is 2.78. The van der Waals surface area contributed by atoms with Gasteiger partial charge in [0.25, 0.3) is 5.91 Å². The lowest BCUT2D eigenvalue weighted by molar-refractivity contribution is -0.131. The van der Waals surface area contributed by atoms with Crippen LogP contribution in [0.5, 0.6) is 0 Å². The summed E-state index contributed by atoms with van der Waals surface area (Å²) in [4.78, 5) is 16.1. The molecule has 11 heteroatoms. The molecule has 0 saturated carbocycles. The third-order valence-corrected chi connectivity index (χ3v) is 10.7. The molecule has 2 atom stereocenters. The SMILES string of the molecule is CN(Cc1ccccc1)C(COCc1ccc(Cl)c(Cl)c1)C(=O)N[N+]1(S(C)(=O)=O)CC2(CCNCC2)c2ccccc21. The third-order valence-electron chi connectivity index (χ3n) is 8.45. The number of carbonyl (C=O) groups excluding carboxylic acids is 1. The van der Waals surface area contributed by atoms with Gasteiger partial charge in [-0.3, -0.25) is 9.69 Å². The Kier molecular flexibility index (Phi) is 9.30. The maximum absolute atomic E-state index is 14.2. The first-order valence-corrected chi connectivity index (χ1v) is 16.6. The van der Waals surface area contributed by atoms with Crippen LogP contribution in [-0.2, 0) is 38.1 Å².